The first kappa shape index (κ1) is 17.6. The maximum atomic E-state index is 11.9. The van der Waals surface area contributed by atoms with E-state index in [2.05, 4.69) is 21.3 Å². The Morgan fingerprint density at radius 3 is 2.91 bits per heavy atom. The lowest BCUT2D eigenvalue weighted by Crippen LogP contribution is -2.29. The molecule has 2 rings (SSSR count). The molecule has 10 nitrogen and oxygen atoms in total. The summed E-state index contributed by atoms with van der Waals surface area (Å²) >= 11 is 0. The van der Waals surface area contributed by atoms with Crippen LogP contribution in [0, 0.1) is 11.8 Å². The van der Waals surface area contributed by atoms with Gasteiger partial charge in [-0.15, -0.1) is 5.92 Å². The summed E-state index contributed by atoms with van der Waals surface area (Å²) in [5.74, 6) is 5.31. The summed E-state index contributed by atoms with van der Waals surface area (Å²) in [4.78, 5) is 32.9. The highest BCUT2D eigenvalue weighted by atomic mass is 31.2. The van der Waals surface area contributed by atoms with E-state index in [1.54, 1.807) is 6.92 Å². The average molecular weight is 345 g/mol. The molecule has 5 N–H and O–H groups in total. The number of phosphoric ester groups is 1. The highest BCUT2D eigenvalue weighted by Gasteiger charge is 2.37. The Bertz CT molecular complexity index is 747. The normalized spacial score (nSPS) is 24.3. The molecule has 3 unspecified atom stereocenters. The molecule has 3 atom stereocenters. The summed E-state index contributed by atoms with van der Waals surface area (Å²) in [6.45, 7) is 1.08. The minimum absolute atomic E-state index is 0.0134. The van der Waals surface area contributed by atoms with Gasteiger partial charge in [-0.2, -0.15) is 4.98 Å². The molecule has 2 heterocycles. The van der Waals surface area contributed by atoms with Crippen molar-refractivity contribution in [3.05, 3.63) is 22.2 Å². The van der Waals surface area contributed by atoms with Crippen molar-refractivity contribution < 1.29 is 28.7 Å². The van der Waals surface area contributed by atoms with Crippen LogP contribution in [0.3, 0.4) is 0 Å². The van der Waals surface area contributed by atoms with Gasteiger partial charge in [0.15, 0.2) is 0 Å². The number of nitrogen functional groups attached to an aromatic ring is 1. The highest BCUT2D eigenvalue weighted by molar-refractivity contribution is 7.46. The molecular formula is C12H16N3O7P. The molecule has 0 amide bonds. The molecule has 11 heteroatoms. The van der Waals surface area contributed by atoms with Crippen LogP contribution < -0.4 is 11.4 Å². The van der Waals surface area contributed by atoms with E-state index in [1.165, 1.54) is 6.20 Å². The Morgan fingerprint density at radius 2 is 2.30 bits per heavy atom. The van der Waals surface area contributed by atoms with Crippen molar-refractivity contribution in [2.45, 2.75) is 31.8 Å². The van der Waals surface area contributed by atoms with Gasteiger partial charge in [0.05, 0.1) is 18.3 Å². The van der Waals surface area contributed by atoms with Crippen LogP contribution in [0.1, 0.15) is 25.1 Å². The van der Waals surface area contributed by atoms with Crippen molar-refractivity contribution in [2.75, 3.05) is 12.3 Å². The van der Waals surface area contributed by atoms with Crippen LogP contribution in [0.15, 0.2) is 11.0 Å². The van der Waals surface area contributed by atoms with E-state index in [1.807, 2.05) is 0 Å². The van der Waals surface area contributed by atoms with E-state index in [0.29, 0.717) is 5.56 Å². The number of nitrogens with zero attached hydrogens (tertiary/aromatic N) is 2. The lowest BCUT2D eigenvalue weighted by molar-refractivity contribution is -0.0450. The predicted molar refractivity (Wildman–Crippen MR) is 78.0 cm³/mol. The van der Waals surface area contributed by atoms with Gasteiger partial charge in [-0.05, 0) is 6.92 Å². The molecular weight excluding hydrogens is 329 g/mol. The van der Waals surface area contributed by atoms with E-state index in [-0.39, 0.29) is 12.2 Å². The van der Waals surface area contributed by atoms with Gasteiger partial charge in [0.1, 0.15) is 18.1 Å². The number of anilines is 1. The predicted octanol–water partition coefficient (Wildman–Crippen LogP) is -1.05. The van der Waals surface area contributed by atoms with Crippen molar-refractivity contribution in [3.8, 4) is 11.8 Å². The second-order valence-electron chi connectivity index (χ2n) is 4.82. The first-order valence-electron chi connectivity index (χ1n) is 6.56. The standard InChI is InChI=1S/C12H16N3O7P/c1-2-3-7-5-15(12(17)14-11(7)13)10-4-8(16)9(22-10)6-21-23(18,19)20/h5,8-10,16H,4,6H2,1H3,(H2,13,14,17)(H2,18,19,20). The maximum Gasteiger partial charge on any atom is 0.469 e. The minimum Gasteiger partial charge on any atom is -0.390 e. The average Bonchev–Trinajstić information content (AvgIpc) is 2.80. The largest absolute Gasteiger partial charge is 0.469 e. The fourth-order valence-electron chi connectivity index (χ4n) is 2.13. The topological polar surface area (TPSA) is 157 Å². The van der Waals surface area contributed by atoms with Crippen molar-refractivity contribution >= 4 is 13.6 Å². The van der Waals surface area contributed by atoms with E-state index in [4.69, 9.17) is 20.3 Å². The molecule has 1 aliphatic rings. The van der Waals surface area contributed by atoms with Crippen LogP contribution >= 0.6 is 7.82 Å². The SMILES string of the molecule is CC#Cc1cn(C2CC(O)C(COP(=O)(O)O)O2)c(=O)nc1N. The molecule has 0 aromatic carbocycles. The van der Waals surface area contributed by atoms with Crippen LogP contribution in [0.5, 0.6) is 0 Å². The molecule has 0 spiro atoms. The van der Waals surface area contributed by atoms with Gasteiger partial charge in [-0.25, -0.2) is 9.36 Å². The second-order valence-corrected chi connectivity index (χ2v) is 6.06. The molecule has 0 aliphatic carbocycles. The molecule has 1 saturated heterocycles. The van der Waals surface area contributed by atoms with E-state index in [0.717, 1.165) is 4.57 Å². The maximum absolute atomic E-state index is 11.9. The zero-order valence-electron chi connectivity index (χ0n) is 12.1. The first-order valence-corrected chi connectivity index (χ1v) is 8.09. The van der Waals surface area contributed by atoms with Crippen molar-refractivity contribution in [1.29, 1.82) is 0 Å². The summed E-state index contributed by atoms with van der Waals surface area (Å²) in [6.07, 6.45) is -1.52. The lowest BCUT2D eigenvalue weighted by Gasteiger charge is -2.16. The number of aliphatic hydroxyl groups is 1. The summed E-state index contributed by atoms with van der Waals surface area (Å²) < 4.78 is 21.6. The Morgan fingerprint density at radius 1 is 1.61 bits per heavy atom. The highest BCUT2D eigenvalue weighted by Crippen LogP contribution is 2.38. The molecule has 23 heavy (non-hydrogen) atoms. The van der Waals surface area contributed by atoms with Gasteiger partial charge in [0, 0.05) is 12.6 Å². The molecule has 0 saturated carbocycles. The molecule has 0 radical (unpaired) electrons. The molecule has 1 aliphatic heterocycles. The van der Waals surface area contributed by atoms with Crippen LogP contribution in [-0.4, -0.2) is 43.3 Å². The fourth-order valence-corrected chi connectivity index (χ4v) is 2.47. The third kappa shape index (κ3) is 4.39. The number of aromatic nitrogens is 2. The van der Waals surface area contributed by atoms with Gasteiger partial charge in [-0.3, -0.25) is 9.09 Å². The second kappa shape index (κ2) is 6.80. The quantitative estimate of drug-likeness (QED) is 0.395. The number of aliphatic hydroxyl groups excluding tert-OH is 1. The Balaban J connectivity index is 2.20. The Hall–Kier alpha value is -1.73. The summed E-state index contributed by atoms with van der Waals surface area (Å²) in [7, 11) is -4.68. The third-order valence-corrected chi connectivity index (χ3v) is 3.65. The van der Waals surface area contributed by atoms with Gasteiger partial charge in [0.25, 0.3) is 0 Å². The van der Waals surface area contributed by atoms with Gasteiger partial charge in [-0.1, -0.05) is 5.92 Å². The zero-order valence-corrected chi connectivity index (χ0v) is 13.0. The first-order chi connectivity index (χ1) is 10.7. The number of hydrogen-bond donors (Lipinski definition) is 4. The minimum atomic E-state index is -4.68. The van der Waals surface area contributed by atoms with Gasteiger partial charge >= 0.3 is 13.5 Å². The smallest absolute Gasteiger partial charge is 0.390 e. The number of nitrogens with two attached hydrogens (primary N) is 1. The molecule has 1 aromatic rings. The summed E-state index contributed by atoms with van der Waals surface area (Å²) in [5.41, 5.74) is 5.25. The van der Waals surface area contributed by atoms with Gasteiger partial charge < -0.3 is 25.4 Å². The Kier molecular flexibility index (Phi) is 5.21. The monoisotopic (exact) mass is 345 g/mol. The number of ether oxygens (including phenoxy) is 1. The van der Waals surface area contributed by atoms with E-state index >= 15 is 0 Å². The van der Waals surface area contributed by atoms with Crippen LogP contribution in [0.4, 0.5) is 5.82 Å². The van der Waals surface area contributed by atoms with E-state index < -0.39 is 38.6 Å². The van der Waals surface area contributed by atoms with Crippen LogP contribution in [-0.2, 0) is 13.8 Å². The molecule has 126 valence electrons. The summed E-state index contributed by atoms with van der Waals surface area (Å²) in [5, 5.41) is 9.89. The molecule has 1 aromatic heterocycles. The van der Waals surface area contributed by atoms with E-state index in [9.17, 15) is 14.5 Å². The van der Waals surface area contributed by atoms with Crippen molar-refractivity contribution in [3.63, 3.8) is 0 Å². The lowest BCUT2D eigenvalue weighted by atomic mass is 10.2. The number of hydrogen-bond acceptors (Lipinski definition) is 7. The van der Waals surface area contributed by atoms with Crippen molar-refractivity contribution in [1.82, 2.24) is 9.55 Å². The fraction of sp³-hybridized carbons (Fsp3) is 0.500. The van der Waals surface area contributed by atoms with Crippen molar-refractivity contribution in [2.24, 2.45) is 0 Å². The summed E-state index contributed by atoms with van der Waals surface area (Å²) in [6, 6.07) is 0. The molecule has 1 fully saturated rings. The van der Waals surface area contributed by atoms with Crippen LogP contribution in [0.2, 0.25) is 0 Å². The molecule has 0 bridgehead atoms. The zero-order chi connectivity index (χ0) is 17.2. The van der Waals surface area contributed by atoms with Gasteiger partial charge in [0.2, 0.25) is 0 Å². The Labute approximate surface area is 131 Å². The number of rotatable bonds is 4. The number of phosphoric acid groups is 1. The van der Waals surface area contributed by atoms with Crippen LogP contribution in [0.25, 0.3) is 0 Å². The third-order valence-electron chi connectivity index (χ3n) is 3.16.